The van der Waals surface area contributed by atoms with E-state index >= 15 is 0 Å². The molecule has 3 fully saturated rings. The Labute approximate surface area is 121 Å². The van der Waals surface area contributed by atoms with Gasteiger partial charge in [-0.2, -0.15) is 0 Å². The first-order valence-corrected chi connectivity index (χ1v) is 7.86. The molecule has 2 aliphatic carbocycles. The lowest BCUT2D eigenvalue weighted by Crippen LogP contribution is -2.67. The number of rotatable bonds is 5. The molecule has 2 saturated carbocycles. The van der Waals surface area contributed by atoms with Crippen LogP contribution in [0.3, 0.4) is 0 Å². The standard InChI is InChI=1S/C15H27N3O2/c1-15(2)12(11-6-9-20-13(11)15)17-14(19)16-7-8-18(3)10-4-5-10/h10-13H,4-9H2,1-3H3,(H2,16,17,19)/t11-,12+,13+/m0/s1. The Morgan fingerprint density at radius 1 is 1.35 bits per heavy atom. The zero-order valence-corrected chi connectivity index (χ0v) is 12.8. The third kappa shape index (κ3) is 2.53. The van der Waals surface area contributed by atoms with E-state index < -0.39 is 0 Å². The van der Waals surface area contributed by atoms with Gasteiger partial charge in [0.15, 0.2) is 0 Å². The van der Waals surface area contributed by atoms with Crippen molar-refractivity contribution in [3.8, 4) is 0 Å². The number of carbonyl (C=O) groups excluding carboxylic acids is 1. The van der Waals surface area contributed by atoms with Gasteiger partial charge >= 0.3 is 6.03 Å². The summed E-state index contributed by atoms with van der Waals surface area (Å²) in [6.07, 6.45) is 4.02. The molecule has 3 atom stereocenters. The van der Waals surface area contributed by atoms with Crippen molar-refractivity contribution in [2.75, 3.05) is 26.7 Å². The molecule has 5 heteroatoms. The van der Waals surface area contributed by atoms with Crippen molar-refractivity contribution in [3.05, 3.63) is 0 Å². The lowest BCUT2D eigenvalue weighted by Gasteiger charge is -2.54. The Morgan fingerprint density at radius 3 is 2.80 bits per heavy atom. The fourth-order valence-electron chi connectivity index (χ4n) is 3.85. The summed E-state index contributed by atoms with van der Waals surface area (Å²) in [7, 11) is 2.13. The summed E-state index contributed by atoms with van der Waals surface area (Å²) in [6.45, 7) is 6.86. The maximum absolute atomic E-state index is 12.0. The molecule has 2 N–H and O–H groups in total. The lowest BCUT2D eigenvalue weighted by atomic mass is 9.57. The topological polar surface area (TPSA) is 53.6 Å². The Kier molecular flexibility index (Phi) is 3.67. The second-order valence-corrected chi connectivity index (χ2v) is 7.15. The van der Waals surface area contributed by atoms with E-state index in [1.54, 1.807) is 0 Å². The van der Waals surface area contributed by atoms with Crippen LogP contribution >= 0.6 is 0 Å². The smallest absolute Gasteiger partial charge is 0.315 e. The Bertz CT molecular complexity index is 381. The van der Waals surface area contributed by atoms with Crippen LogP contribution in [0.4, 0.5) is 4.79 Å². The van der Waals surface area contributed by atoms with E-state index in [2.05, 4.69) is 36.4 Å². The zero-order chi connectivity index (χ0) is 14.3. The van der Waals surface area contributed by atoms with E-state index in [9.17, 15) is 4.79 Å². The fraction of sp³-hybridized carbons (Fsp3) is 0.933. The number of urea groups is 1. The number of amides is 2. The van der Waals surface area contributed by atoms with E-state index in [0.29, 0.717) is 12.0 Å². The van der Waals surface area contributed by atoms with Crippen LogP contribution in [0.2, 0.25) is 0 Å². The number of nitrogens with one attached hydrogen (secondary N) is 2. The van der Waals surface area contributed by atoms with Crippen molar-refractivity contribution in [2.24, 2.45) is 11.3 Å². The highest BCUT2D eigenvalue weighted by Gasteiger charge is 2.59. The van der Waals surface area contributed by atoms with Gasteiger partial charge in [-0.05, 0) is 26.3 Å². The quantitative estimate of drug-likeness (QED) is 0.796. The maximum atomic E-state index is 12.0. The van der Waals surface area contributed by atoms with Crippen LogP contribution in [0.1, 0.15) is 33.1 Å². The summed E-state index contributed by atoms with van der Waals surface area (Å²) in [4.78, 5) is 14.3. The minimum Gasteiger partial charge on any atom is -0.377 e. The Hall–Kier alpha value is -0.810. The maximum Gasteiger partial charge on any atom is 0.315 e. The first-order valence-electron chi connectivity index (χ1n) is 7.86. The number of hydrogen-bond acceptors (Lipinski definition) is 3. The predicted octanol–water partition coefficient (Wildman–Crippen LogP) is 1.19. The van der Waals surface area contributed by atoms with Crippen LogP contribution in [0.5, 0.6) is 0 Å². The number of carbonyl (C=O) groups is 1. The average Bonchev–Trinajstić information content (AvgIpc) is 3.14. The van der Waals surface area contributed by atoms with Crippen molar-refractivity contribution < 1.29 is 9.53 Å². The number of fused-ring (bicyclic) bond motifs is 1. The van der Waals surface area contributed by atoms with Gasteiger partial charge in [-0.1, -0.05) is 13.8 Å². The van der Waals surface area contributed by atoms with Gasteiger partial charge in [0, 0.05) is 43.1 Å². The molecular weight excluding hydrogens is 254 g/mol. The summed E-state index contributed by atoms with van der Waals surface area (Å²) in [6, 6.07) is 0.968. The van der Waals surface area contributed by atoms with Gasteiger partial charge in [0.1, 0.15) is 0 Å². The van der Waals surface area contributed by atoms with Gasteiger partial charge in [-0.15, -0.1) is 0 Å². The normalized spacial score (nSPS) is 34.5. The molecule has 1 aliphatic heterocycles. The molecule has 2 amide bonds. The molecule has 0 aromatic carbocycles. The summed E-state index contributed by atoms with van der Waals surface area (Å²) >= 11 is 0. The third-order valence-corrected chi connectivity index (χ3v) is 5.31. The van der Waals surface area contributed by atoms with Crippen molar-refractivity contribution >= 4 is 6.03 Å². The second-order valence-electron chi connectivity index (χ2n) is 7.15. The van der Waals surface area contributed by atoms with Crippen molar-refractivity contribution in [1.82, 2.24) is 15.5 Å². The highest BCUT2D eigenvalue weighted by Crippen LogP contribution is 2.51. The van der Waals surface area contributed by atoms with E-state index in [-0.39, 0.29) is 17.5 Å². The van der Waals surface area contributed by atoms with Gasteiger partial charge in [0.25, 0.3) is 0 Å². The zero-order valence-electron chi connectivity index (χ0n) is 12.8. The molecule has 20 heavy (non-hydrogen) atoms. The number of likely N-dealkylation sites (N-methyl/N-ethyl adjacent to an activating group) is 1. The van der Waals surface area contributed by atoms with Crippen LogP contribution in [-0.4, -0.2) is 55.9 Å². The Morgan fingerprint density at radius 2 is 2.10 bits per heavy atom. The molecule has 1 saturated heterocycles. The molecular formula is C15H27N3O2. The molecule has 0 aromatic heterocycles. The summed E-state index contributed by atoms with van der Waals surface area (Å²) < 4.78 is 5.75. The van der Waals surface area contributed by atoms with Crippen LogP contribution < -0.4 is 10.6 Å². The largest absolute Gasteiger partial charge is 0.377 e. The van der Waals surface area contributed by atoms with Crippen molar-refractivity contribution in [3.63, 3.8) is 0 Å². The summed E-state index contributed by atoms with van der Waals surface area (Å²) in [5.74, 6) is 0.505. The van der Waals surface area contributed by atoms with Crippen LogP contribution in [0, 0.1) is 11.3 Å². The molecule has 0 bridgehead atoms. The van der Waals surface area contributed by atoms with E-state index in [0.717, 1.165) is 32.2 Å². The molecule has 114 valence electrons. The second kappa shape index (κ2) is 5.19. The summed E-state index contributed by atoms with van der Waals surface area (Å²) in [5, 5.41) is 6.13. The molecule has 5 nitrogen and oxygen atoms in total. The molecule has 3 aliphatic rings. The SMILES string of the molecule is CN(CCNC(=O)N[C@@H]1[C@@H]2CCO[C@H]2C1(C)C)C1CC1. The number of ether oxygens (including phenoxy) is 1. The first-order chi connectivity index (χ1) is 9.50. The predicted molar refractivity (Wildman–Crippen MR) is 77.6 cm³/mol. The molecule has 1 heterocycles. The summed E-state index contributed by atoms with van der Waals surface area (Å²) in [5.41, 5.74) is 0.0588. The minimum absolute atomic E-state index is 0.0300. The van der Waals surface area contributed by atoms with E-state index in [4.69, 9.17) is 4.74 Å². The van der Waals surface area contributed by atoms with Gasteiger partial charge in [-0.25, -0.2) is 4.79 Å². The fourth-order valence-corrected chi connectivity index (χ4v) is 3.85. The Balaban J connectivity index is 1.40. The van der Waals surface area contributed by atoms with E-state index in [1.807, 2.05) is 0 Å². The highest BCUT2D eigenvalue weighted by atomic mass is 16.5. The molecule has 0 radical (unpaired) electrons. The van der Waals surface area contributed by atoms with Crippen LogP contribution in [0.25, 0.3) is 0 Å². The minimum atomic E-state index is -0.0300. The number of hydrogen-bond donors (Lipinski definition) is 2. The van der Waals surface area contributed by atoms with Crippen LogP contribution in [0.15, 0.2) is 0 Å². The van der Waals surface area contributed by atoms with Crippen molar-refractivity contribution in [1.29, 1.82) is 0 Å². The molecule has 0 unspecified atom stereocenters. The van der Waals surface area contributed by atoms with Gasteiger partial charge in [0.05, 0.1) is 6.10 Å². The van der Waals surface area contributed by atoms with Crippen molar-refractivity contribution in [2.45, 2.75) is 51.3 Å². The monoisotopic (exact) mass is 281 g/mol. The lowest BCUT2D eigenvalue weighted by molar-refractivity contribution is -0.108. The van der Waals surface area contributed by atoms with Gasteiger partial charge in [0.2, 0.25) is 0 Å². The average molecular weight is 281 g/mol. The molecule has 0 aromatic rings. The van der Waals surface area contributed by atoms with Crippen LogP contribution in [-0.2, 0) is 4.74 Å². The first kappa shape index (κ1) is 14.1. The van der Waals surface area contributed by atoms with E-state index in [1.165, 1.54) is 12.8 Å². The van der Waals surface area contributed by atoms with Gasteiger partial charge in [-0.3, -0.25) is 0 Å². The number of nitrogens with zero attached hydrogens (tertiary/aromatic N) is 1. The van der Waals surface area contributed by atoms with Gasteiger partial charge < -0.3 is 20.3 Å². The highest BCUT2D eigenvalue weighted by molar-refractivity contribution is 5.74. The third-order valence-electron chi connectivity index (χ3n) is 5.31. The molecule has 0 spiro atoms. The molecule has 3 rings (SSSR count).